The van der Waals surface area contributed by atoms with Crippen molar-refractivity contribution < 1.29 is 19.5 Å². The number of amides is 2. The standard InChI is InChI=1S/C27H32N4O4/c1-17(2)31(34)25(32)15-30-12-11-27(28,26(30)33)21-6-8-22(9-7-21)35-16-20-14-19(4)29-24-10-5-18(3)13-23(20)24/h5-10,13-14,17,34H,11-12,15-16,28H2,1-4H3. The molecule has 1 aliphatic heterocycles. The lowest BCUT2D eigenvalue weighted by Gasteiger charge is -2.25. The van der Waals surface area contributed by atoms with Gasteiger partial charge in [0.15, 0.2) is 0 Å². The molecule has 4 rings (SSSR count). The van der Waals surface area contributed by atoms with Crippen LogP contribution in [0.5, 0.6) is 5.75 Å². The van der Waals surface area contributed by atoms with E-state index >= 15 is 0 Å². The maximum absolute atomic E-state index is 13.0. The van der Waals surface area contributed by atoms with E-state index in [1.165, 1.54) is 4.90 Å². The number of aromatic nitrogens is 1. The van der Waals surface area contributed by atoms with E-state index in [2.05, 4.69) is 18.0 Å². The molecule has 2 aromatic carbocycles. The number of benzene rings is 2. The van der Waals surface area contributed by atoms with E-state index in [0.717, 1.165) is 27.7 Å². The molecule has 1 aromatic heterocycles. The lowest BCUT2D eigenvalue weighted by atomic mass is 9.89. The Balaban J connectivity index is 1.45. The van der Waals surface area contributed by atoms with Crippen LogP contribution in [0.1, 0.15) is 42.7 Å². The maximum atomic E-state index is 13.0. The first kappa shape index (κ1) is 24.6. The number of hydrogen-bond donors (Lipinski definition) is 2. The number of nitrogens with zero attached hydrogens (tertiary/aromatic N) is 3. The Labute approximate surface area is 205 Å². The molecule has 0 spiro atoms. The van der Waals surface area contributed by atoms with E-state index in [1.807, 2.05) is 25.1 Å². The summed E-state index contributed by atoms with van der Waals surface area (Å²) in [4.78, 5) is 31.3. The molecule has 0 radical (unpaired) electrons. The fourth-order valence-electron chi connectivity index (χ4n) is 4.43. The van der Waals surface area contributed by atoms with Crippen molar-refractivity contribution in [1.82, 2.24) is 14.9 Å². The van der Waals surface area contributed by atoms with Gasteiger partial charge in [-0.25, -0.2) is 5.06 Å². The molecule has 1 unspecified atom stereocenters. The molecule has 0 aliphatic carbocycles. The fraction of sp³-hybridized carbons (Fsp3) is 0.370. The zero-order valence-corrected chi connectivity index (χ0v) is 20.6. The van der Waals surface area contributed by atoms with Crippen LogP contribution in [-0.4, -0.2) is 51.1 Å². The van der Waals surface area contributed by atoms with Crippen LogP contribution in [0.4, 0.5) is 0 Å². The van der Waals surface area contributed by atoms with Gasteiger partial charge in [-0.1, -0.05) is 23.8 Å². The molecular formula is C27H32N4O4. The van der Waals surface area contributed by atoms with Crippen LogP contribution >= 0.6 is 0 Å². The molecule has 8 heteroatoms. The average Bonchev–Trinajstić information content (AvgIpc) is 3.12. The number of rotatable bonds is 7. The van der Waals surface area contributed by atoms with E-state index in [1.54, 1.807) is 38.1 Å². The summed E-state index contributed by atoms with van der Waals surface area (Å²) in [6, 6.07) is 15.1. The summed E-state index contributed by atoms with van der Waals surface area (Å²) < 4.78 is 6.05. The second kappa shape index (κ2) is 9.64. The highest BCUT2D eigenvalue weighted by atomic mass is 16.5. The van der Waals surface area contributed by atoms with Crippen molar-refractivity contribution in [3.8, 4) is 5.75 Å². The Morgan fingerprint density at radius 1 is 1.20 bits per heavy atom. The van der Waals surface area contributed by atoms with Crippen molar-refractivity contribution in [1.29, 1.82) is 0 Å². The van der Waals surface area contributed by atoms with Gasteiger partial charge in [0.25, 0.3) is 5.91 Å². The highest BCUT2D eigenvalue weighted by Gasteiger charge is 2.45. The third-order valence-electron chi connectivity index (χ3n) is 6.46. The van der Waals surface area contributed by atoms with E-state index in [4.69, 9.17) is 10.5 Å². The van der Waals surface area contributed by atoms with Gasteiger partial charge < -0.3 is 15.4 Å². The van der Waals surface area contributed by atoms with Gasteiger partial charge in [0.05, 0.1) is 11.6 Å². The topological polar surface area (TPSA) is 109 Å². The van der Waals surface area contributed by atoms with Gasteiger partial charge in [-0.15, -0.1) is 0 Å². The number of fused-ring (bicyclic) bond motifs is 1. The van der Waals surface area contributed by atoms with Crippen LogP contribution in [0.3, 0.4) is 0 Å². The average molecular weight is 477 g/mol. The van der Waals surface area contributed by atoms with Crippen molar-refractivity contribution in [3.05, 3.63) is 70.9 Å². The van der Waals surface area contributed by atoms with Crippen LogP contribution in [-0.2, 0) is 21.7 Å². The molecular weight excluding hydrogens is 444 g/mol. The van der Waals surface area contributed by atoms with E-state index in [9.17, 15) is 14.8 Å². The third kappa shape index (κ3) is 4.99. The molecule has 1 aliphatic rings. The minimum Gasteiger partial charge on any atom is -0.489 e. The normalized spacial score (nSPS) is 17.9. The van der Waals surface area contributed by atoms with E-state index < -0.39 is 11.4 Å². The van der Waals surface area contributed by atoms with Crippen molar-refractivity contribution in [3.63, 3.8) is 0 Å². The van der Waals surface area contributed by atoms with Gasteiger partial charge in [0.1, 0.15) is 24.4 Å². The molecule has 0 saturated carbocycles. The van der Waals surface area contributed by atoms with Gasteiger partial charge in [0, 0.05) is 23.2 Å². The first-order chi connectivity index (χ1) is 16.6. The van der Waals surface area contributed by atoms with Crippen LogP contribution in [0.25, 0.3) is 10.9 Å². The second-order valence-corrected chi connectivity index (χ2v) is 9.54. The molecule has 1 saturated heterocycles. The largest absolute Gasteiger partial charge is 0.489 e. The first-order valence-electron chi connectivity index (χ1n) is 11.8. The van der Waals surface area contributed by atoms with Crippen molar-refractivity contribution in [2.75, 3.05) is 13.1 Å². The first-order valence-corrected chi connectivity index (χ1v) is 11.8. The van der Waals surface area contributed by atoms with Gasteiger partial charge in [-0.3, -0.25) is 19.8 Å². The third-order valence-corrected chi connectivity index (χ3v) is 6.46. The smallest absolute Gasteiger partial charge is 0.265 e. The highest BCUT2D eigenvalue weighted by Crippen LogP contribution is 2.32. The molecule has 35 heavy (non-hydrogen) atoms. The molecule has 3 aromatic rings. The summed E-state index contributed by atoms with van der Waals surface area (Å²) >= 11 is 0. The lowest BCUT2D eigenvalue weighted by molar-refractivity contribution is -0.174. The van der Waals surface area contributed by atoms with Crippen LogP contribution in [0, 0.1) is 13.8 Å². The lowest BCUT2D eigenvalue weighted by Crippen LogP contribution is -2.48. The van der Waals surface area contributed by atoms with Crippen molar-refractivity contribution in [2.45, 2.75) is 52.3 Å². The molecule has 2 heterocycles. The number of ether oxygens (including phenoxy) is 1. The Morgan fingerprint density at radius 3 is 2.60 bits per heavy atom. The Hall–Kier alpha value is -3.49. The van der Waals surface area contributed by atoms with Crippen molar-refractivity contribution >= 4 is 22.7 Å². The summed E-state index contributed by atoms with van der Waals surface area (Å²) in [5, 5.41) is 11.5. The summed E-state index contributed by atoms with van der Waals surface area (Å²) in [7, 11) is 0. The predicted octanol–water partition coefficient (Wildman–Crippen LogP) is 3.44. The number of carbonyl (C=O) groups is 2. The second-order valence-electron chi connectivity index (χ2n) is 9.54. The highest BCUT2D eigenvalue weighted by molar-refractivity contribution is 5.92. The summed E-state index contributed by atoms with van der Waals surface area (Å²) in [5.74, 6) is -0.195. The molecule has 184 valence electrons. The SMILES string of the molecule is Cc1ccc2nc(C)cc(COc3ccc(C4(N)CCN(CC(=O)N(O)C(C)C)C4=O)cc3)c2c1. The molecule has 1 atom stereocenters. The number of hydrogen-bond acceptors (Lipinski definition) is 6. The molecule has 8 nitrogen and oxygen atoms in total. The van der Waals surface area contributed by atoms with E-state index in [-0.39, 0.29) is 18.5 Å². The van der Waals surface area contributed by atoms with Gasteiger partial charge in [-0.05, 0) is 70.0 Å². The van der Waals surface area contributed by atoms with E-state index in [0.29, 0.717) is 35.9 Å². The molecule has 1 fully saturated rings. The number of pyridine rings is 1. The predicted molar refractivity (Wildman–Crippen MR) is 133 cm³/mol. The maximum Gasteiger partial charge on any atom is 0.265 e. The zero-order valence-electron chi connectivity index (χ0n) is 20.6. The number of nitrogens with two attached hydrogens (primary N) is 1. The minimum absolute atomic E-state index is 0.202. The fourth-order valence-corrected chi connectivity index (χ4v) is 4.43. The molecule has 2 amide bonds. The number of likely N-dealkylation sites (tertiary alicyclic amines) is 1. The Morgan fingerprint density at radius 2 is 1.91 bits per heavy atom. The molecule has 3 N–H and O–H groups in total. The zero-order chi connectivity index (χ0) is 25.3. The van der Waals surface area contributed by atoms with Crippen molar-refractivity contribution in [2.24, 2.45) is 5.73 Å². The van der Waals surface area contributed by atoms with Crippen LogP contribution < -0.4 is 10.5 Å². The number of carbonyl (C=O) groups excluding carboxylic acids is 2. The number of aryl methyl sites for hydroxylation is 2. The number of hydroxylamine groups is 2. The van der Waals surface area contributed by atoms with Gasteiger partial charge >= 0.3 is 0 Å². The molecule has 0 bridgehead atoms. The Kier molecular flexibility index (Phi) is 6.78. The summed E-state index contributed by atoms with van der Waals surface area (Å²) in [6.07, 6.45) is 0.383. The quantitative estimate of drug-likeness (QED) is 0.399. The monoisotopic (exact) mass is 476 g/mol. The van der Waals surface area contributed by atoms with Gasteiger partial charge in [-0.2, -0.15) is 0 Å². The Bertz CT molecular complexity index is 1260. The summed E-state index contributed by atoms with van der Waals surface area (Å²) in [5.41, 5.74) is 10.0. The summed E-state index contributed by atoms with van der Waals surface area (Å²) in [6.45, 7) is 7.94. The van der Waals surface area contributed by atoms with Crippen LogP contribution in [0.15, 0.2) is 48.5 Å². The van der Waals surface area contributed by atoms with Gasteiger partial charge in [0.2, 0.25) is 5.91 Å². The van der Waals surface area contributed by atoms with Crippen LogP contribution in [0.2, 0.25) is 0 Å². The minimum atomic E-state index is -1.22.